The minimum atomic E-state index is -0.969. The van der Waals surface area contributed by atoms with Crippen molar-refractivity contribution in [3.05, 3.63) is 34.9 Å². The van der Waals surface area contributed by atoms with Crippen molar-refractivity contribution in [3.8, 4) is 0 Å². The summed E-state index contributed by atoms with van der Waals surface area (Å²) < 4.78 is 0. The number of aliphatic carboxylic acids is 1. The van der Waals surface area contributed by atoms with Crippen LogP contribution in [0.1, 0.15) is 34.8 Å². The van der Waals surface area contributed by atoms with Crippen LogP contribution in [-0.2, 0) is 17.8 Å². The molecule has 1 aromatic carbocycles. The van der Waals surface area contributed by atoms with Gasteiger partial charge in [-0.05, 0) is 42.6 Å². The van der Waals surface area contributed by atoms with E-state index in [1.165, 1.54) is 10.5 Å². The summed E-state index contributed by atoms with van der Waals surface area (Å²) in [6, 6.07) is 4.85. The van der Waals surface area contributed by atoms with E-state index >= 15 is 0 Å². The fourth-order valence-electron chi connectivity index (χ4n) is 2.57. The molecule has 0 fully saturated rings. The highest BCUT2D eigenvalue weighted by Gasteiger charge is 2.26. The second-order valence-corrected chi connectivity index (χ2v) is 5.09. The number of nitrogens with zero attached hydrogens (tertiary/aromatic N) is 1. The number of carboxylic acids is 1. The number of carboxylic acid groups (broad SMARTS) is 1. The van der Waals surface area contributed by atoms with Gasteiger partial charge >= 0.3 is 5.97 Å². The van der Waals surface area contributed by atoms with E-state index in [4.69, 9.17) is 5.11 Å². The maximum absolute atomic E-state index is 12.4. The lowest BCUT2D eigenvalue weighted by atomic mass is 9.98. The van der Waals surface area contributed by atoms with E-state index < -0.39 is 12.0 Å². The van der Waals surface area contributed by atoms with E-state index in [1.54, 1.807) is 20.0 Å². The molecule has 1 aliphatic rings. The lowest BCUT2D eigenvalue weighted by Crippen LogP contribution is -2.42. The van der Waals surface area contributed by atoms with Crippen molar-refractivity contribution >= 4 is 11.9 Å². The molecule has 0 spiro atoms. The molecule has 1 heterocycles. The van der Waals surface area contributed by atoms with Crippen molar-refractivity contribution in [2.75, 3.05) is 13.6 Å². The minimum Gasteiger partial charge on any atom is -0.480 e. The fraction of sp³-hybridized carbons (Fsp3) is 0.467. The van der Waals surface area contributed by atoms with Crippen molar-refractivity contribution in [1.29, 1.82) is 0 Å². The molecule has 1 atom stereocenters. The van der Waals surface area contributed by atoms with Crippen LogP contribution in [0.3, 0.4) is 0 Å². The summed E-state index contributed by atoms with van der Waals surface area (Å²) >= 11 is 0. The Balaban J connectivity index is 2.22. The summed E-state index contributed by atoms with van der Waals surface area (Å²) in [5, 5.41) is 12.4. The van der Waals surface area contributed by atoms with Crippen LogP contribution in [0.25, 0.3) is 0 Å². The Morgan fingerprint density at radius 1 is 1.40 bits per heavy atom. The Kier molecular flexibility index (Phi) is 4.39. The molecule has 0 aromatic heterocycles. The molecular weight excluding hydrogens is 256 g/mol. The molecule has 0 aliphatic carbocycles. The van der Waals surface area contributed by atoms with Crippen LogP contribution in [0.5, 0.6) is 0 Å². The molecule has 0 radical (unpaired) electrons. The summed E-state index contributed by atoms with van der Waals surface area (Å²) in [5.74, 6) is -1.21. The van der Waals surface area contributed by atoms with Crippen LogP contribution in [0.2, 0.25) is 0 Å². The van der Waals surface area contributed by atoms with E-state index in [0.717, 1.165) is 25.1 Å². The van der Waals surface area contributed by atoms with Gasteiger partial charge in [-0.1, -0.05) is 13.0 Å². The maximum atomic E-state index is 12.4. The predicted molar refractivity (Wildman–Crippen MR) is 75.7 cm³/mol. The van der Waals surface area contributed by atoms with Crippen LogP contribution >= 0.6 is 0 Å². The summed E-state index contributed by atoms with van der Waals surface area (Å²) in [5.41, 5.74) is 2.93. The van der Waals surface area contributed by atoms with Gasteiger partial charge in [-0.15, -0.1) is 0 Å². The number of carbonyl (C=O) groups excluding carboxylic acids is 1. The Bertz CT molecular complexity index is 528. The Morgan fingerprint density at radius 2 is 2.15 bits per heavy atom. The number of rotatable bonds is 4. The molecule has 0 saturated carbocycles. The molecule has 1 amide bonds. The van der Waals surface area contributed by atoms with Crippen LogP contribution in [0.4, 0.5) is 0 Å². The Labute approximate surface area is 118 Å². The SMILES string of the molecule is CCC(C(=O)O)N(C)C(=O)c1ccc2c(c1)CNCC2. The van der Waals surface area contributed by atoms with Gasteiger partial charge in [-0.2, -0.15) is 0 Å². The second-order valence-electron chi connectivity index (χ2n) is 5.09. The molecule has 20 heavy (non-hydrogen) atoms. The van der Waals surface area contributed by atoms with Gasteiger partial charge in [-0.3, -0.25) is 4.79 Å². The third kappa shape index (κ3) is 2.82. The quantitative estimate of drug-likeness (QED) is 0.869. The molecule has 0 bridgehead atoms. The topological polar surface area (TPSA) is 69.6 Å². The molecule has 2 rings (SSSR count). The standard InChI is InChI=1S/C15H20N2O3/c1-3-13(15(19)20)17(2)14(18)11-5-4-10-6-7-16-9-12(10)8-11/h4-5,8,13,16H,3,6-7,9H2,1-2H3,(H,19,20). The summed E-state index contributed by atoms with van der Waals surface area (Å²) in [7, 11) is 1.54. The second kappa shape index (κ2) is 6.05. The first-order valence-electron chi connectivity index (χ1n) is 6.87. The highest BCUT2D eigenvalue weighted by atomic mass is 16.4. The first-order valence-corrected chi connectivity index (χ1v) is 6.87. The zero-order valence-electron chi connectivity index (χ0n) is 11.8. The number of hydrogen-bond acceptors (Lipinski definition) is 3. The minimum absolute atomic E-state index is 0.243. The van der Waals surface area contributed by atoms with Gasteiger partial charge in [0.1, 0.15) is 6.04 Å². The third-order valence-corrected chi connectivity index (χ3v) is 3.80. The van der Waals surface area contributed by atoms with Gasteiger partial charge in [0, 0.05) is 19.2 Å². The molecule has 1 aromatic rings. The van der Waals surface area contributed by atoms with Crippen molar-refractivity contribution in [1.82, 2.24) is 10.2 Å². The monoisotopic (exact) mass is 276 g/mol. The van der Waals surface area contributed by atoms with Crippen LogP contribution in [0.15, 0.2) is 18.2 Å². The average molecular weight is 276 g/mol. The number of benzene rings is 1. The summed E-state index contributed by atoms with van der Waals surface area (Å²) in [6.07, 6.45) is 1.36. The van der Waals surface area contributed by atoms with Crippen molar-refractivity contribution in [2.45, 2.75) is 32.4 Å². The molecule has 5 heteroatoms. The van der Waals surface area contributed by atoms with Gasteiger partial charge in [0.05, 0.1) is 0 Å². The van der Waals surface area contributed by atoms with Gasteiger partial charge in [-0.25, -0.2) is 4.79 Å². The molecule has 2 N–H and O–H groups in total. The zero-order chi connectivity index (χ0) is 14.7. The third-order valence-electron chi connectivity index (χ3n) is 3.80. The molecule has 1 aliphatic heterocycles. The first kappa shape index (κ1) is 14.5. The van der Waals surface area contributed by atoms with Crippen molar-refractivity contribution < 1.29 is 14.7 Å². The highest BCUT2D eigenvalue weighted by molar-refractivity contribution is 5.96. The van der Waals surface area contributed by atoms with E-state index in [-0.39, 0.29) is 5.91 Å². The van der Waals surface area contributed by atoms with E-state index in [0.29, 0.717) is 12.0 Å². The van der Waals surface area contributed by atoms with Crippen LogP contribution in [0, 0.1) is 0 Å². The van der Waals surface area contributed by atoms with Gasteiger partial charge in [0.15, 0.2) is 0 Å². The largest absolute Gasteiger partial charge is 0.480 e. The highest BCUT2D eigenvalue weighted by Crippen LogP contribution is 2.18. The fourth-order valence-corrected chi connectivity index (χ4v) is 2.57. The Morgan fingerprint density at radius 3 is 2.80 bits per heavy atom. The number of nitrogens with one attached hydrogen (secondary N) is 1. The Hall–Kier alpha value is -1.88. The van der Waals surface area contributed by atoms with Crippen molar-refractivity contribution in [3.63, 3.8) is 0 Å². The van der Waals surface area contributed by atoms with Crippen LogP contribution < -0.4 is 5.32 Å². The molecule has 1 unspecified atom stereocenters. The van der Waals surface area contributed by atoms with Crippen molar-refractivity contribution in [2.24, 2.45) is 0 Å². The van der Waals surface area contributed by atoms with Crippen LogP contribution in [-0.4, -0.2) is 41.5 Å². The number of likely N-dealkylation sites (N-methyl/N-ethyl adjacent to an activating group) is 1. The predicted octanol–water partition coefficient (Wildman–Crippen LogP) is 1.27. The van der Waals surface area contributed by atoms with E-state index in [1.807, 2.05) is 12.1 Å². The lowest BCUT2D eigenvalue weighted by molar-refractivity contribution is -0.142. The number of amides is 1. The molecule has 5 nitrogen and oxygen atoms in total. The number of fused-ring (bicyclic) bond motifs is 1. The number of hydrogen-bond donors (Lipinski definition) is 2. The summed E-state index contributed by atoms with van der Waals surface area (Å²) in [6.45, 7) is 3.48. The van der Waals surface area contributed by atoms with Gasteiger partial charge in [0.2, 0.25) is 0 Å². The lowest BCUT2D eigenvalue weighted by Gasteiger charge is -2.25. The van der Waals surface area contributed by atoms with E-state index in [9.17, 15) is 9.59 Å². The van der Waals surface area contributed by atoms with E-state index in [2.05, 4.69) is 5.32 Å². The maximum Gasteiger partial charge on any atom is 0.326 e. The zero-order valence-corrected chi connectivity index (χ0v) is 11.8. The molecule has 0 saturated heterocycles. The smallest absolute Gasteiger partial charge is 0.326 e. The van der Waals surface area contributed by atoms with Gasteiger partial charge in [0.25, 0.3) is 5.91 Å². The first-order chi connectivity index (χ1) is 9.54. The van der Waals surface area contributed by atoms with Gasteiger partial charge < -0.3 is 15.3 Å². The molecular formula is C15H20N2O3. The normalized spacial score (nSPS) is 15.3. The molecule has 108 valence electrons. The number of carbonyl (C=O) groups is 2. The summed E-state index contributed by atoms with van der Waals surface area (Å²) in [4.78, 5) is 24.8. The average Bonchev–Trinajstić information content (AvgIpc) is 2.46.